The lowest BCUT2D eigenvalue weighted by molar-refractivity contribution is -0.384. The number of ether oxygens (including phenoxy) is 20. The standard InChI is InChI=1S/C30H45N3O13.C25H36N2O12.C22H32N4O11.H2O.H3P/c1-6-41-30(38)33-32-26(37)17-23-7-9-24(10-8-23)42-15-13-39-11-12-40-14-16-43-29-27(31-20(3)34)19(2)28(45-22(5)36)25(46-29)18-44-21(4)35;1-16-23(26-17(2)28)25(39-22(15-37-18(3)29)24(16)38-19(4)30)36-14-12-34-10-9-33-11-13-35-21-7-5-20(6-8-21)27(31)32;1-13(28)23-17-19(30)18(29)16(12-27)37-20(17)36-11-9-34-7-6-33-8-10-35-15-4-2-14(3-5-15)26-21(31)24-25-22(26)32;;/h7-10,19,25,27-29H,6,11-18H2,1-5H3,(H,31,34)(H,32,37)(H,33,38);5-8,16,22-25H,9-15H2,1-4H3,(H,26,28);2-5,16-20,27,29-30H,6-12H2,1H3,(H,23,28)(H,24,31)(H,25,32);1H2;1H3/t19-,25?,27?,28-,29-;16-,22?,23?,24-,25-;16?,17?,18-,19+,20+;;/m110../s1. The molecule has 7 unspecified atom stereocenters. The van der Waals surface area contributed by atoms with E-state index in [0.29, 0.717) is 82.4 Å². The van der Waals surface area contributed by atoms with Crippen LogP contribution in [0, 0.1) is 22.0 Å². The van der Waals surface area contributed by atoms with E-state index < -0.39 is 156 Å². The number of amides is 5. The van der Waals surface area contributed by atoms with E-state index in [0.717, 1.165) is 10.1 Å². The number of aliphatic hydroxyl groups is 3. The third kappa shape index (κ3) is 40.8. The van der Waals surface area contributed by atoms with Gasteiger partial charge in [-0.25, -0.2) is 34.6 Å². The number of nitrogens with zero attached hydrogens (tertiary/aromatic N) is 2. The Morgan fingerprint density at radius 1 is 0.468 bits per heavy atom. The van der Waals surface area contributed by atoms with Crippen molar-refractivity contribution in [2.75, 3.05) is 145 Å². The van der Waals surface area contributed by atoms with Crippen molar-refractivity contribution >= 4 is 69.2 Å². The number of hydrogen-bond donors (Lipinski definition) is 10. The van der Waals surface area contributed by atoms with Crippen LogP contribution < -0.4 is 52.4 Å². The first-order chi connectivity index (χ1) is 58.4. The van der Waals surface area contributed by atoms with Crippen molar-refractivity contribution in [1.82, 2.24) is 41.6 Å². The average Bonchev–Trinajstić information content (AvgIpc) is 1.04. The van der Waals surface area contributed by atoms with Gasteiger partial charge in [0.1, 0.15) is 99.1 Å². The molecule has 3 aromatic carbocycles. The first kappa shape index (κ1) is 108. The second-order valence-corrected chi connectivity index (χ2v) is 26.9. The van der Waals surface area contributed by atoms with E-state index in [1.807, 2.05) is 0 Å². The molecule has 5 amide bonds. The maximum Gasteiger partial charge on any atom is 0.426 e. The Kier molecular flexibility index (Phi) is 52.2. The zero-order valence-electron chi connectivity index (χ0n) is 70.8. The van der Waals surface area contributed by atoms with E-state index >= 15 is 0 Å². The molecule has 47 heteroatoms. The number of nitro groups is 1. The molecule has 0 aliphatic carbocycles. The highest BCUT2D eigenvalue weighted by Crippen LogP contribution is 2.32. The summed E-state index contributed by atoms with van der Waals surface area (Å²) in [6.07, 6.45) is -10.4. The molecule has 124 heavy (non-hydrogen) atoms. The van der Waals surface area contributed by atoms with Gasteiger partial charge >= 0.3 is 41.3 Å². The Balaban J connectivity index is 0.000000479. The van der Waals surface area contributed by atoms with E-state index in [1.165, 1.54) is 72.7 Å². The number of benzene rings is 3. The molecule has 12 N–H and O–H groups in total. The van der Waals surface area contributed by atoms with E-state index in [2.05, 4.69) is 41.7 Å². The van der Waals surface area contributed by atoms with Gasteiger partial charge in [0.05, 0.1) is 141 Å². The van der Waals surface area contributed by atoms with Crippen molar-refractivity contribution in [3.05, 3.63) is 109 Å². The van der Waals surface area contributed by atoms with Gasteiger partial charge in [-0.3, -0.25) is 53.9 Å². The molecule has 46 nitrogen and oxygen atoms in total. The van der Waals surface area contributed by atoms with Crippen LogP contribution in [0.4, 0.5) is 10.5 Å². The Hall–Kier alpha value is -9.98. The van der Waals surface area contributed by atoms with Gasteiger partial charge in [-0.1, -0.05) is 26.0 Å². The monoisotopic (exact) mass is 1790 g/mol. The molecule has 3 aliphatic rings. The van der Waals surface area contributed by atoms with Gasteiger partial charge in [-0.15, -0.1) is 0 Å². The minimum absolute atomic E-state index is 0. The van der Waals surface area contributed by atoms with Gasteiger partial charge in [0.15, 0.2) is 18.9 Å². The molecule has 3 saturated heterocycles. The lowest BCUT2D eigenvalue weighted by Crippen LogP contribution is -2.64. The van der Waals surface area contributed by atoms with Crippen LogP contribution in [0.1, 0.15) is 74.8 Å². The quantitative estimate of drug-likeness (QED) is 0.00610. The molecule has 16 atom stereocenters. The smallest absolute Gasteiger partial charge is 0.426 e. The Morgan fingerprint density at radius 2 is 0.815 bits per heavy atom. The SMILES string of the molecule is CC(=O)NC1[C@H](OCCOCCOCCOc2ccc(-n3c(=O)[nH][nH]c3=O)cc2)OC(CO)[C@H](O)[C@@H]1O.CC(=O)NC1[C@H](OCCOCCOCCOc2ccc([N+](=O)[O-])cc2)OC(COC(C)=O)[C@H](OC(C)=O)[C@@H]1C.CCOC(=O)NNC(=O)Cc1ccc(OCCOCCOCCO[C@@H]2OC(COC(C)=O)[C@H](OC(C)=O)[C@H](C)C2NC(C)=O)cc1.O.P. The molecule has 1 aromatic heterocycles. The fraction of sp³-hybridized carbons (Fsp3) is 0.623. The summed E-state index contributed by atoms with van der Waals surface area (Å²) in [5.41, 5.74) is 4.41. The van der Waals surface area contributed by atoms with Crippen LogP contribution >= 0.6 is 9.90 Å². The minimum atomic E-state index is -1.38. The van der Waals surface area contributed by atoms with Gasteiger partial charge in [0.25, 0.3) is 5.69 Å². The minimum Gasteiger partial charge on any atom is -0.491 e. The summed E-state index contributed by atoms with van der Waals surface area (Å²) in [4.78, 5) is 138. The van der Waals surface area contributed by atoms with Crippen molar-refractivity contribution in [3.8, 4) is 22.9 Å². The van der Waals surface area contributed by atoms with Gasteiger partial charge in [0.2, 0.25) is 23.6 Å². The zero-order chi connectivity index (χ0) is 89.5. The first-order valence-corrected chi connectivity index (χ1v) is 39.0. The summed E-state index contributed by atoms with van der Waals surface area (Å²) in [6.45, 7) is 18.1. The third-order valence-corrected chi connectivity index (χ3v) is 17.4. The number of non-ortho nitro benzene ring substituents is 1. The number of aromatic amines is 2. The fourth-order valence-electron chi connectivity index (χ4n) is 11.8. The number of esters is 4. The van der Waals surface area contributed by atoms with Crippen LogP contribution in [0.15, 0.2) is 82.4 Å². The number of rotatable bonds is 48. The number of nitro benzene ring substituents is 1. The highest BCUT2D eigenvalue weighted by Gasteiger charge is 2.49. The van der Waals surface area contributed by atoms with Gasteiger partial charge in [0, 0.05) is 72.4 Å². The first-order valence-electron chi connectivity index (χ1n) is 39.0. The number of nitrogens with one attached hydrogen (secondary N) is 7. The maximum atomic E-state index is 11.9. The fourth-order valence-corrected chi connectivity index (χ4v) is 11.8. The molecule has 0 radical (unpaired) electrons. The summed E-state index contributed by atoms with van der Waals surface area (Å²) in [6, 6.07) is 16.9. The lowest BCUT2D eigenvalue weighted by atomic mass is 9.88. The molecule has 4 heterocycles. The second-order valence-electron chi connectivity index (χ2n) is 26.9. The van der Waals surface area contributed by atoms with Crippen molar-refractivity contribution < 1.29 is 164 Å². The van der Waals surface area contributed by atoms with E-state index in [4.69, 9.17) is 90.0 Å². The number of H-pyrrole nitrogens is 2. The molecule has 3 aliphatic heterocycles. The predicted octanol–water partition coefficient (Wildman–Crippen LogP) is -1.36. The molecular formula is C77H118N9O37P. The predicted molar refractivity (Wildman–Crippen MR) is 433 cm³/mol. The van der Waals surface area contributed by atoms with Crippen molar-refractivity contribution in [3.63, 3.8) is 0 Å². The highest BCUT2D eigenvalue weighted by atomic mass is 31.0. The van der Waals surface area contributed by atoms with E-state index in [1.54, 1.807) is 69.3 Å². The molecule has 0 bridgehead atoms. The van der Waals surface area contributed by atoms with Crippen LogP contribution in [0.25, 0.3) is 5.69 Å². The Bertz CT molecular complexity index is 3910. The van der Waals surface area contributed by atoms with Crippen LogP contribution in [-0.2, 0) is 125 Å². The molecule has 3 fully saturated rings. The normalized spacial score (nSPS) is 21.8. The number of hydrogen-bond acceptors (Lipinski definition) is 36. The summed E-state index contributed by atoms with van der Waals surface area (Å²) in [7, 11) is 0. The topological polar surface area (TPSA) is 604 Å². The largest absolute Gasteiger partial charge is 0.491 e. The zero-order valence-corrected chi connectivity index (χ0v) is 72.2. The van der Waals surface area contributed by atoms with Crippen LogP contribution in [0.2, 0.25) is 0 Å². The van der Waals surface area contributed by atoms with Crippen LogP contribution in [0.3, 0.4) is 0 Å². The number of carbonyl (C=O) groups is 9. The summed E-state index contributed by atoms with van der Waals surface area (Å²) >= 11 is 0. The summed E-state index contributed by atoms with van der Waals surface area (Å²) in [5, 5.41) is 52.7. The van der Waals surface area contributed by atoms with Crippen molar-refractivity contribution in [1.29, 1.82) is 0 Å². The van der Waals surface area contributed by atoms with Crippen molar-refractivity contribution in [2.45, 2.75) is 155 Å². The number of hydrazine groups is 1. The highest BCUT2D eigenvalue weighted by molar-refractivity contribution is 6.92. The van der Waals surface area contributed by atoms with Gasteiger partial charge < -0.3 is 131 Å². The maximum absolute atomic E-state index is 11.9. The molecule has 7 rings (SSSR count). The summed E-state index contributed by atoms with van der Waals surface area (Å²) in [5.74, 6) is -2.69. The molecule has 698 valence electrons. The average molecular weight is 1790 g/mol. The molecule has 0 saturated carbocycles. The molecule has 0 spiro atoms. The molecule has 4 aromatic rings. The second kappa shape index (κ2) is 59.8. The van der Waals surface area contributed by atoms with E-state index in [-0.39, 0.29) is 119 Å². The van der Waals surface area contributed by atoms with Crippen LogP contribution in [0.5, 0.6) is 17.2 Å². The third-order valence-electron chi connectivity index (χ3n) is 17.4. The number of aromatic nitrogens is 3. The molecular weight excluding hydrogens is 1670 g/mol. The van der Waals surface area contributed by atoms with Crippen LogP contribution in [-0.4, -0.2) is 319 Å². The number of carbonyl (C=O) groups excluding carboxylic acids is 9. The lowest BCUT2D eigenvalue weighted by Gasteiger charge is -2.44. The Morgan fingerprint density at radius 3 is 1.17 bits per heavy atom. The van der Waals surface area contributed by atoms with Gasteiger partial charge in [-0.2, -0.15) is 9.90 Å². The van der Waals surface area contributed by atoms with Crippen molar-refractivity contribution in [2.24, 2.45) is 11.8 Å². The number of aliphatic hydroxyl groups excluding tert-OH is 3. The summed E-state index contributed by atoms with van der Waals surface area (Å²) < 4.78 is 111. The Labute approximate surface area is 716 Å². The van der Waals surface area contributed by atoms with Gasteiger partial charge in [-0.05, 0) is 61.0 Å². The van der Waals surface area contributed by atoms with E-state index in [9.17, 15) is 78.2 Å².